The van der Waals surface area contributed by atoms with Gasteiger partial charge >= 0.3 is 0 Å². The van der Waals surface area contributed by atoms with Crippen molar-refractivity contribution in [2.75, 3.05) is 6.54 Å². The van der Waals surface area contributed by atoms with E-state index in [4.69, 9.17) is 5.73 Å². The van der Waals surface area contributed by atoms with E-state index in [1.54, 1.807) is 0 Å². The fourth-order valence-corrected chi connectivity index (χ4v) is 1.86. The van der Waals surface area contributed by atoms with Gasteiger partial charge in [-0.15, -0.1) is 0 Å². The van der Waals surface area contributed by atoms with Crippen LogP contribution < -0.4 is 5.73 Å². The molecule has 0 rings (SSSR count). The summed E-state index contributed by atoms with van der Waals surface area (Å²) in [5.74, 6) is 1.58. The lowest BCUT2D eigenvalue weighted by atomic mass is 9.92. The molecule has 0 radical (unpaired) electrons. The van der Waals surface area contributed by atoms with Crippen LogP contribution in [-0.4, -0.2) is 6.54 Å². The minimum absolute atomic E-state index is 0.775. The molecule has 0 spiro atoms. The summed E-state index contributed by atoms with van der Waals surface area (Å²) in [7, 11) is 0. The number of hydrogen-bond donors (Lipinski definition) is 1. The molecule has 80 valence electrons. The van der Waals surface area contributed by atoms with Crippen LogP contribution in [0.5, 0.6) is 0 Å². The second-order valence-electron chi connectivity index (χ2n) is 4.58. The van der Waals surface area contributed by atoms with Gasteiger partial charge in [-0.25, -0.2) is 0 Å². The summed E-state index contributed by atoms with van der Waals surface area (Å²) >= 11 is 0. The summed E-state index contributed by atoms with van der Waals surface area (Å²) in [6.07, 6.45) is 8.14. The SMILES string of the molecule is CCCCCCC(CN)CC(C)C. The van der Waals surface area contributed by atoms with Gasteiger partial charge < -0.3 is 5.73 Å². The second kappa shape index (κ2) is 8.55. The molecule has 0 saturated heterocycles. The van der Waals surface area contributed by atoms with Crippen molar-refractivity contribution in [2.24, 2.45) is 17.6 Å². The van der Waals surface area contributed by atoms with Gasteiger partial charge in [0.1, 0.15) is 0 Å². The van der Waals surface area contributed by atoms with E-state index in [-0.39, 0.29) is 0 Å². The molecule has 0 aromatic rings. The highest BCUT2D eigenvalue weighted by Crippen LogP contribution is 2.17. The van der Waals surface area contributed by atoms with Crippen LogP contribution in [0.2, 0.25) is 0 Å². The average molecular weight is 185 g/mol. The molecule has 0 aliphatic rings. The molecular formula is C12H27N. The molecule has 0 aliphatic carbocycles. The normalized spacial score (nSPS) is 13.6. The summed E-state index contributed by atoms with van der Waals surface area (Å²) in [5, 5.41) is 0. The molecular weight excluding hydrogens is 158 g/mol. The summed E-state index contributed by atoms with van der Waals surface area (Å²) in [5.41, 5.74) is 5.74. The van der Waals surface area contributed by atoms with E-state index in [2.05, 4.69) is 20.8 Å². The van der Waals surface area contributed by atoms with Crippen LogP contribution in [0.4, 0.5) is 0 Å². The van der Waals surface area contributed by atoms with Crippen LogP contribution in [0.1, 0.15) is 59.3 Å². The highest BCUT2D eigenvalue weighted by atomic mass is 14.5. The van der Waals surface area contributed by atoms with Crippen molar-refractivity contribution in [2.45, 2.75) is 59.3 Å². The smallest absolute Gasteiger partial charge is 0.00488 e. The predicted octanol–water partition coefficient (Wildman–Crippen LogP) is 3.58. The molecule has 0 aliphatic heterocycles. The minimum atomic E-state index is 0.775. The van der Waals surface area contributed by atoms with Crippen molar-refractivity contribution in [1.82, 2.24) is 0 Å². The third-order valence-electron chi connectivity index (χ3n) is 2.60. The molecule has 1 heteroatoms. The highest BCUT2D eigenvalue weighted by Gasteiger charge is 2.07. The van der Waals surface area contributed by atoms with Crippen molar-refractivity contribution in [3.05, 3.63) is 0 Å². The van der Waals surface area contributed by atoms with Crippen LogP contribution in [0.3, 0.4) is 0 Å². The zero-order valence-electron chi connectivity index (χ0n) is 9.68. The first-order valence-corrected chi connectivity index (χ1v) is 5.90. The van der Waals surface area contributed by atoms with Gasteiger partial charge in [0.05, 0.1) is 0 Å². The van der Waals surface area contributed by atoms with Crippen molar-refractivity contribution >= 4 is 0 Å². The van der Waals surface area contributed by atoms with E-state index in [1.165, 1.54) is 38.5 Å². The van der Waals surface area contributed by atoms with Crippen LogP contribution in [-0.2, 0) is 0 Å². The summed E-state index contributed by atoms with van der Waals surface area (Å²) in [6, 6.07) is 0. The molecule has 0 heterocycles. The van der Waals surface area contributed by atoms with Crippen molar-refractivity contribution < 1.29 is 0 Å². The third-order valence-corrected chi connectivity index (χ3v) is 2.60. The maximum Gasteiger partial charge on any atom is -0.00488 e. The first kappa shape index (κ1) is 13.0. The molecule has 0 aromatic heterocycles. The first-order chi connectivity index (χ1) is 6.20. The number of rotatable bonds is 8. The molecule has 0 aromatic carbocycles. The lowest BCUT2D eigenvalue weighted by Crippen LogP contribution is -2.16. The Labute approximate surface area is 84.1 Å². The molecule has 1 atom stereocenters. The quantitative estimate of drug-likeness (QED) is 0.575. The summed E-state index contributed by atoms with van der Waals surface area (Å²) < 4.78 is 0. The minimum Gasteiger partial charge on any atom is -0.330 e. The van der Waals surface area contributed by atoms with E-state index in [0.717, 1.165) is 18.4 Å². The van der Waals surface area contributed by atoms with E-state index >= 15 is 0 Å². The first-order valence-electron chi connectivity index (χ1n) is 5.90. The zero-order chi connectivity index (χ0) is 10.1. The molecule has 0 saturated carbocycles. The Hall–Kier alpha value is -0.0400. The maximum absolute atomic E-state index is 5.74. The van der Waals surface area contributed by atoms with Gasteiger partial charge in [0.15, 0.2) is 0 Å². The van der Waals surface area contributed by atoms with E-state index in [0.29, 0.717) is 0 Å². The molecule has 0 bridgehead atoms. The third kappa shape index (κ3) is 8.29. The highest BCUT2D eigenvalue weighted by molar-refractivity contribution is 4.62. The van der Waals surface area contributed by atoms with Gasteiger partial charge in [0.2, 0.25) is 0 Å². The summed E-state index contributed by atoms with van der Waals surface area (Å²) in [6.45, 7) is 7.71. The Balaban J connectivity index is 3.36. The Morgan fingerprint density at radius 3 is 2.23 bits per heavy atom. The van der Waals surface area contributed by atoms with Gasteiger partial charge in [0, 0.05) is 0 Å². The molecule has 0 amide bonds. The molecule has 1 nitrogen and oxygen atoms in total. The Bertz CT molecular complexity index is 99.3. The second-order valence-corrected chi connectivity index (χ2v) is 4.58. The molecule has 13 heavy (non-hydrogen) atoms. The molecule has 2 N–H and O–H groups in total. The van der Waals surface area contributed by atoms with Gasteiger partial charge in [-0.05, 0) is 31.2 Å². The van der Waals surface area contributed by atoms with Crippen LogP contribution >= 0.6 is 0 Å². The van der Waals surface area contributed by atoms with Crippen LogP contribution in [0, 0.1) is 11.8 Å². The van der Waals surface area contributed by atoms with Crippen LogP contribution in [0.15, 0.2) is 0 Å². The Kier molecular flexibility index (Phi) is 8.53. The standard InChI is InChI=1S/C12H27N/c1-4-5-6-7-8-12(10-13)9-11(2)3/h11-12H,4-10,13H2,1-3H3. The van der Waals surface area contributed by atoms with Crippen molar-refractivity contribution in [3.63, 3.8) is 0 Å². The number of hydrogen-bond acceptors (Lipinski definition) is 1. The van der Waals surface area contributed by atoms with Crippen molar-refractivity contribution in [1.29, 1.82) is 0 Å². The van der Waals surface area contributed by atoms with E-state index in [9.17, 15) is 0 Å². The number of unbranched alkanes of at least 4 members (excludes halogenated alkanes) is 3. The van der Waals surface area contributed by atoms with E-state index in [1.807, 2.05) is 0 Å². The van der Waals surface area contributed by atoms with Gasteiger partial charge in [-0.2, -0.15) is 0 Å². The predicted molar refractivity (Wildman–Crippen MR) is 60.8 cm³/mol. The van der Waals surface area contributed by atoms with Crippen LogP contribution in [0.25, 0.3) is 0 Å². The lowest BCUT2D eigenvalue weighted by Gasteiger charge is -2.16. The molecule has 0 fully saturated rings. The maximum atomic E-state index is 5.74. The van der Waals surface area contributed by atoms with Crippen molar-refractivity contribution in [3.8, 4) is 0 Å². The molecule has 1 unspecified atom stereocenters. The fourth-order valence-electron chi connectivity index (χ4n) is 1.86. The monoisotopic (exact) mass is 185 g/mol. The average Bonchev–Trinajstić information content (AvgIpc) is 2.09. The largest absolute Gasteiger partial charge is 0.330 e. The summed E-state index contributed by atoms with van der Waals surface area (Å²) in [4.78, 5) is 0. The van der Waals surface area contributed by atoms with Gasteiger partial charge in [-0.3, -0.25) is 0 Å². The van der Waals surface area contributed by atoms with Gasteiger partial charge in [0.25, 0.3) is 0 Å². The lowest BCUT2D eigenvalue weighted by molar-refractivity contribution is 0.379. The fraction of sp³-hybridized carbons (Fsp3) is 1.00. The zero-order valence-corrected chi connectivity index (χ0v) is 9.68. The number of nitrogens with two attached hydrogens (primary N) is 1. The Morgan fingerprint density at radius 1 is 1.08 bits per heavy atom. The Morgan fingerprint density at radius 2 is 1.77 bits per heavy atom. The van der Waals surface area contributed by atoms with Gasteiger partial charge in [-0.1, -0.05) is 46.5 Å². The topological polar surface area (TPSA) is 26.0 Å². The van der Waals surface area contributed by atoms with E-state index < -0.39 is 0 Å².